The number of esters is 1. The Balaban J connectivity index is 2.32. The zero-order valence-electron chi connectivity index (χ0n) is 15.4. The first-order chi connectivity index (χ1) is 13.3. The van der Waals surface area contributed by atoms with Gasteiger partial charge in [-0.25, -0.2) is 4.79 Å². The summed E-state index contributed by atoms with van der Waals surface area (Å²) in [6.45, 7) is 3.58. The Hall–Kier alpha value is -3.21. The highest BCUT2D eigenvalue weighted by Gasteiger charge is 2.26. The summed E-state index contributed by atoms with van der Waals surface area (Å²) in [5, 5.41) is 15.4. The molecule has 0 radical (unpaired) electrons. The number of hydrogen-bond acceptors (Lipinski definition) is 7. The average molecular weight is 408 g/mol. The van der Waals surface area contributed by atoms with Crippen LogP contribution in [0.1, 0.15) is 55.8 Å². The molecule has 0 unspecified atom stereocenters. The summed E-state index contributed by atoms with van der Waals surface area (Å²) in [5.74, 6) is -3.02. The van der Waals surface area contributed by atoms with Crippen molar-refractivity contribution in [2.24, 2.45) is 5.73 Å². The summed E-state index contributed by atoms with van der Waals surface area (Å²) >= 11 is 0.875. The third-order valence-corrected chi connectivity index (χ3v) is 4.95. The van der Waals surface area contributed by atoms with Gasteiger partial charge in [0.25, 0.3) is 11.8 Å². The number of aryl methyl sites for hydroxylation is 1. The highest BCUT2D eigenvalue weighted by atomic mass is 32.1. The minimum atomic E-state index is -1.03. The predicted octanol–water partition coefficient (Wildman–Crippen LogP) is 1.65. The van der Waals surface area contributed by atoms with Gasteiger partial charge in [-0.05, 0) is 25.0 Å². The number of nitrogens with zero attached hydrogens (tertiary/aromatic N) is 2. The number of rotatable bonds is 9. The van der Waals surface area contributed by atoms with Gasteiger partial charge in [0.05, 0.1) is 30.0 Å². The van der Waals surface area contributed by atoms with Crippen molar-refractivity contribution in [2.45, 2.75) is 33.2 Å². The van der Waals surface area contributed by atoms with Crippen molar-refractivity contribution in [2.75, 3.05) is 11.9 Å². The molecule has 2 heterocycles. The van der Waals surface area contributed by atoms with E-state index in [1.54, 1.807) is 6.92 Å². The van der Waals surface area contributed by atoms with E-state index in [2.05, 4.69) is 10.4 Å². The number of carboxylic acids is 1. The van der Waals surface area contributed by atoms with E-state index >= 15 is 0 Å². The first kappa shape index (κ1) is 21.1. The van der Waals surface area contributed by atoms with Gasteiger partial charge in [0.1, 0.15) is 10.7 Å². The Morgan fingerprint density at radius 3 is 2.68 bits per heavy atom. The number of nitrogens with two attached hydrogens (primary N) is 1. The van der Waals surface area contributed by atoms with E-state index in [0.29, 0.717) is 12.0 Å². The number of aromatic nitrogens is 2. The molecule has 0 saturated carbocycles. The molecule has 0 spiro atoms. The monoisotopic (exact) mass is 408 g/mol. The lowest BCUT2D eigenvalue weighted by molar-refractivity contribution is -0.137. The lowest BCUT2D eigenvalue weighted by atomic mass is 10.1. The van der Waals surface area contributed by atoms with Crippen molar-refractivity contribution in [1.29, 1.82) is 0 Å². The zero-order valence-corrected chi connectivity index (χ0v) is 16.2. The van der Waals surface area contributed by atoms with Crippen LogP contribution in [0.3, 0.4) is 0 Å². The van der Waals surface area contributed by atoms with Crippen molar-refractivity contribution < 1.29 is 29.0 Å². The standard InChI is InChI=1S/C17H20N4O6S/c1-3-8-27-17(26)12-9(2)13(14(18)24)28-16(12)20-15(25)10-4-6-19-21(10)7-5-11(22)23/h4,6H,3,5,7-8H2,1-2H3,(H2,18,24)(H,20,25)(H,22,23). The van der Waals surface area contributed by atoms with Gasteiger partial charge >= 0.3 is 11.9 Å². The van der Waals surface area contributed by atoms with E-state index < -0.39 is 23.8 Å². The molecule has 0 atom stereocenters. The smallest absolute Gasteiger partial charge is 0.341 e. The van der Waals surface area contributed by atoms with Crippen LogP contribution >= 0.6 is 11.3 Å². The SMILES string of the molecule is CCCOC(=O)c1c(NC(=O)c2ccnn2CCC(=O)O)sc(C(N)=O)c1C. The maximum Gasteiger partial charge on any atom is 0.341 e. The fourth-order valence-corrected chi connectivity index (χ4v) is 3.46. The molecule has 150 valence electrons. The number of carbonyl (C=O) groups is 4. The van der Waals surface area contributed by atoms with E-state index in [4.69, 9.17) is 15.6 Å². The normalized spacial score (nSPS) is 10.5. The Bertz CT molecular complexity index is 917. The molecular formula is C17H20N4O6S. The quantitative estimate of drug-likeness (QED) is 0.533. The van der Waals surface area contributed by atoms with E-state index in [1.165, 1.54) is 16.9 Å². The maximum absolute atomic E-state index is 12.6. The van der Waals surface area contributed by atoms with Gasteiger partial charge in [0, 0.05) is 6.20 Å². The van der Waals surface area contributed by atoms with Crippen molar-refractivity contribution in [3.63, 3.8) is 0 Å². The Labute approximate surface area is 164 Å². The van der Waals surface area contributed by atoms with Crippen LogP contribution in [0.2, 0.25) is 0 Å². The number of ether oxygens (including phenoxy) is 1. The largest absolute Gasteiger partial charge is 0.481 e. The third kappa shape index (κ3) is 4.74. The predicted molar refractivity (Wildman–Crippen MR) is 101 cm³/mol. The molecule has 28 heavy (non-hydrogen) atoms. The summed E-state index contributed by atoms with van der Waals surface area (Å²) in [6.07, 6.45) is 1.77. The molecule has 0 aromatic carbocycles. The molecule has 4 N–H and O–H groups in total. The summed E-state index contributed by atoms with van der Waals surface area (Å²) in [4.78, 5) is 47.5. The van der Waals surface area contributed by atoms with Crippen molar-refractivity contribution in [1.82, 2.24) is 9.78 Å². The summed E-state index contributed by atoms with van der Waals surface area (Å²) in [7, 11) is 0. The highest BCUT2D eigenvalue weighted by molar-refractivity contribution is 7.18. The number of nitrogens with one attached hydrogen (secondary N) is 1. The lowest BCUT2D eigenvalue weighted by Gasteiger charge is -2.09. The molecule has 11 heteroatoms. The molecule has 0 saturated heterocycles. The molecule has 0 aliphatic rings. The molecular weight excluding hydrogens is 388 g/mol. The van der Waals surface area contributed by atoms with Gasteiger partial charge in [0.15, 0.2) is 0 Å². The Kier molecular flexibility index (Phi) is 6.88. The first-order valence-electron chi connectivity index (χ1n) is 8.41. The molecule has 0 aliphatic carbocycles. The second kappa shape index (κ2) is 9.13. The van der Waals surface area contributed by atoms with Crippen LogP contribution in [-0.2, 0) is 16.1 Å². The average Bonchev–Trinajstić information content (AvgIpc) is 3.22. The van der Waals surface area contributed by atoms with E-state index in [1.807, 2.05) is 6.92 Å². The molecule has 2 aromatic rings. The topological polar surface area (TPSA) is 154 Å². The van der Waals surface area contributed by atoms with Crippen LogP contribution in [-0.4, -0.2) is 45.2 Å². The fraction of sp³-hybridized carbons (Fsp3) is 0.353. The van der Waals surface area contributed by atoms with Crippen LogP contribution in [0.25, 0.3) is 0 Å². The maximum atomic E-state index is 12.6. The number of amides is 2. The van der Waals surface area contributed by atoms with Crippen molar-refractivity contribution in [3.05, 3.63) is 34.0 Å². The van der Waals surface area contributed by atoms with Crippen LogP contribution < -0.4 is 11.1 Å². The van der Waals surface area contributed by atoms with Gasteiger partial charge in [0.2, 0.25) is 0 Å². The van der Waals surface area contributed by atoms with E-state index in [0.717, 1.165) is 11.3 Å². The number of anilines is 1. The number of primary amides is 1. The van der Waals surface area contributed by atoms with Crippen molar-refractivity contribution >= 4 is 40.1 Å². The first-order valence-corrected chi connectivity index (χ1v) is 9.23. The minimum absolute atomic E-state index is 0.00644. The van der Waals surface area contributed by atoms with Gasteiger partial charge < -0.3 is 20.9 Å². The molecule has 0 bridgehead atoms. The Morgan fingerprint density at radius 2 is 2.07 bits per heavy atom. The van der Waals surface area contributed by atoms with Crippen LogP contribution in [0, 0.1) is 6.92 Å². The van der Waals surface area contributed by atoms with Crippen LogP contribution in [0.5, 0.6) is 0 Å². The summed E-state index contributed by atoms with van der Waals surface area (Å²) < 4.78 is 6.38. The molecule has 0 fully saturated rings. The van der Waals surface area contributed by atoms with E-state index in [-0.39, 0.29) is 40.7 Å². The minimum Gasteiger partial charge on any atom is -0.481 e. The highest BCUT2D eigenvalue weighted by Crippen LogP contribution is 2.33. The zero-order chi connectivity index (χ0) is 20.8. The molecule has 0 aliphatic heterocycles. The molecule has 2 rings (SSSR count). The summed E-state index contributed by atoms with van der Waals surface area (Å²) in [6, 6.07) is 1.42. The van der Waals surface area contributed by atoms with Crippen molar-refractivity contribution in [3.8, 4) is 0 Å². The van der Waals surface area contributed by atoms with Crippen LogP contribution in [0.4, 0.5) is 5.00 Å². The molecule has 10 nitrogen and oxygen atoms in total. The van der Waals surface area contributed by atoms with E-state index in [9.17, 15) is 19.2 Å². The summed E-state index contributed by atoms with van der Waals surface area (Å²) in [5.41, 5.74) is 5.86. The van der Waals surface area contributed by atoms with Gasteiger partial charge in [-0.3, -0.25) is 19.1 Å². The van der Waals surface area contributed by atoms with Gasteiger partial charge in [-0.15, -0.1) is 11.3 Å². The second-order valence-corrected chi connectivity index (χ2v) is 6.82. The number of aliphatic carboxylic acids is 1. The molecule has 2 aromatic heterocycles. The number of hydrogen-bond donors (Lipinski definition) is 3. The van der Waals surface area contributed by atoms with Gasteiger partial charge in [-0.2, -0.15) is 5.10 Å². The Morgan fingerprint density at radius 1 is 1.36 bits per heavy atom. The number of carboxylic acid groups (broad SMARTS) is 1. The van der Waals surface area contributed by atoms with Crippen LogP contribution in [0.15, 0.2) is 12.3 Å². The fourth-order valence-electron chi connectivity index (χ4n) is 2.42. The lowest BCUT2D eigenvalue weighted by Crippen LogP contribution is -2.20. The third-order valence-electron chi connectivity index (χ3n) is 3.73. The molecule has 2 amide bonds. The number of thiophene rings is 1. The van der Waals surface area contributed by atoms with Gasteiger partial charge in [-0.1, -0.05) is 6.92 Å². The number of carbonyl (C=O) groups excluding carboxylic acids is 3. The second-order valence-electron chi connectivity index (χ2n) is 5.80.